The zero-order chi connectivity index (χ0) is 25.6. The molecular formula is C29H30Cl2N4O2. The van der Waals surface area contributed by atoms with E-state index in [2.05, 4.69) is 45.6 Å². The average molecular weight is 537 g/mol. The second-order valence-electron chi connectivity index (χ2n) is 9.16. The Hall–Kier alpha value is -3.06. The predicted molar refractivity (Wildman–Crippen MR) is 147 cm³/mol. The smallest absolute Gasteiger partial charge is 0.161 e. The third kappa shape index (κ3) is 6.27. The van der Waals surface area contributed by atoms with E-state index < -0.39 is 0 Å². The van der Waals surface area contributed by atoms with E-state index >= 15 is 0 Å². The van der Waals surface area contributed by atoms with Crippen molar-refractivity contribution in [2.45, 2.75) is 45.9 Å². The van der Waals surface area contributed by atoms with Crippen LogP contribution in [0.1, 0.15) is 36.6 Å². The second-order valence-corrected chi connectivity index (χ2v) is 9.90. The first-order valence-corrected chi connectivity index (χ1v) is 13.4. The molecule has 0 spiro atoms. The van der Waals surface area contributed by atoms with Gasteiger partial charge in [0.15, 0.2) is 16.7 Å². The lowest BCUT2D eigenvalue weighted by Gasteiger charge is -2.25. The van der Waals surface area contributed by atoms with Gasteiger partial charge in [-0.25, -0.2) is 9.97 Å². The summed E-state index contributed by atoms with van der Waals surface area (Å²) < 4.78 is 13.8. The molecule has 6 nitrogen and oxygen atoms in total. The van der Waals surface area contributed by atoms with Gasteiger partial charge in [-0.05, 0) is 35.7 Å². The molecule has 0 saturated carbocycles. The SMILES string of the molecule is CCCCn1c(-c2ccccc2)nc(Cl)c1CN(Cc1ccc(Cl)nc1)Cc1ccc2c(c1)OCCO2. The molecule has 2 aromatic carbocycles. The van der Waals surface area contributed by atoms with Crippen molar-refractivity contribution in [2.24, 2.45) is 0 Å². The zero-order valence-electron chi connectivity index (χ0n) is 20.9. The van der Waals surface area contributed by atoms with Gasteiger partial charge in [0.05, 0.1) is 5.69 Å². The molecule has 37 heavy (non-hydrogen) atoms. The summed E-state index contributed by atoms with van der Waals surface area (Å²) in [6.07, 6.45) is 3.95. The standard InChI is InChI=1S/C29H30Cl2N4O2/c1-2-3-13-35-24(28(31)33-29(35)23-7-5-4-6-8-23)20-34(19-22-10-12-27(30)32-17-22)18-21-9-11-25-26(16-21)37-15-14-36-25/h4-12,16-17H,2-3,13-15,18-20H2,1H3. The van der Waals surface area contributed by atoms with Gasteiger partial charge in [0.25, 0.3) is 0 Å². The van der Waals surface area contributed by atoms with Crippen LogP contribution in [-0.4, -0.2) is 32.6 Å². The van der Waals surface area contributed by atoms with Gasteiger partial charge in [-0.3, -0.25) is 4.90 Å². The van der Waals surface area contributed by atoms with Gasteiger partial charge in [0.1, 0.15) is 24.2 Å². The number of rotatable bonds is 10. The Kier molecular flexibility index (Phi) is 8.29. The molecule has 0 fully saturated rings. The third-order valence-corrected chi connectivity index (χ3v) is 6.90. The number of hydrogen-bond donors (Lipinski definition) is 0. The van der Waals surface area contributed by atoms with E-state index in [4.69, 9.17) is 37.7 Å². The molecule has 3 heterocycles. The summed E-state index contributed by atoms with van der Waals surface area (Å²) in [5, 5.41) is 1.02. The Morgan fingerprint density at radius 1 is 0.892 bits per heavy atom. The molecule has 2 aromatic heterocycles. The maximum atomic E-state index is 6.82. The molecule has 8 heteroatoms. The van der Waals surface area contributed by atoms with Crippen LogP contribution in [0.3, 0.4) is 0 Å². The molecule has 0 saturated heterocycles. The van der Waals surface area contributed by atoms with Crippen LogP contribution in [0.25, 0.3) is 11.4 Å². The highest BCUT2D eigenvalue weighted by atomic mass is 35.5. The summed E-state index contributed by atoms with van der Waals surface area (Å²) in [5.74, 6) is 2.48. The number of nitrogens with zero attached hydrogens (tertiary/aromatic N) is 4. The van der Waals surface area contributed by atoms with Crippen LogP contribution < -0.4 is 9.47 Å². The molecule has 0 amide bonds. The topological polar surface area (TPSA) is 52.4 Å². The first-order valence-electron chi connectivity index (χ1n) is 12.6. The van der Waals surface area contributed by atoms with E-state index in [0.29, 0.717) is 43.2 Å². The van der Waals surface area contributed by atoms with Gasteiger partial charge < -0.3 is 14.0 Å². The summed E-state index contributed by atoms with van der Waals surface area (Å²) in [6.45, 7) is 6.18. The van der Waals surface area contributed by atoms with Crippen LogP contribution in [-0.2, 0) is 26.2 Å². The molecule has 192 valence electrons. The van der Waals surface area contributed by atoms with Crippen molar-refractivity contribution >= 4 is 23.2 Å². The lowest BCUT2D eigenvalue weighted by Crippen LogP contribution is -2.25. The quantitative estimate of drug-likeness (QED) is 0.204. The lowest BCUT2D eigenvalue weighted by atomic mass is 10.1. The fraction of sp³-hybridized carbons (Fsp3) is 0.310. The molecule has 5 rings (SSSR count). The number of hydrogen-bond acceptors (Lipinski definition) is 5. The highest BCUT2D eigenvalue weighted by Crippen LogP contribution is 2.32. The molecule has 0 bridgehead atoms. The fourth-order valence-electron chi connectivity index (χ4n) is 4.55. The van der Waals surface area contributed by atoms with Crippen LogP contribution in [0.4, 0.5) is 0 Å². The normalized spacial score (nSPS) is 12.8. The molecule has 0 atom stereocenters. The van der Waals surface area contributed by atoms with Crippen molar-refractivity contribution in [2.75, 3.05) is 13.2 Å². The van der Waals surface area contributed by atoms with Gasteiger partial charge in [0, 0.05) is 37.9 Å². The summed E-state index contributed by atoms with van der Waals surface area (Å²) in [7, 11) is 0. The number of benzene rings is 2. The van der Waals surface area contributed by atoms with E-state index in [1.54, 1.807) is 0 Å². The summed E-state index contributed by atoms with van der Waals surface area (Å²) in [6, 6.07) is 20.2. The van der Waals surface area contributed by atoms with E-state index in [-0.39, 0.29) is 0 Å². The number of halogens is 2. The molecule has 1 aliphatic heterocycles. The van der Waals surface area contributed by atoms with E-state index in [1.807, 2.05) is 42.6 Å². The van der Waals surface area contributed by atoms with Crippen LogP contribution in [0.5, 0.6) is 11.5 Å². The van der Waals surface area contributed by atoms with Gasteiger partial charge in [-0.1, -0.05) is 79.0 Å². The minimum atomic E-state index is 0.482. The minimum absolute atomic E-state index is 0.482. The molecular weight excluding hydrogens is 507 g/mol. The number of aromatic nitrogens is 3. The van der Waals surface area contributed by atoms with Crippen molar-refractivity contribution in [1.82, 2.24) is 19.4 Å². The van der Waals surface area contributed by atoms with Gasteiger partial charge >= 0.3 is 0 Å². The summed E-state index contributed by atoms with van der Waals surface area (Å²) in [5.41, 5.74) is 4.27. The molecule has 1 aliphatic rings. The van der Waals surface area contributed by atoms with Crippen molar-refractivity contribution in [1.29, 1.82) is 0 Å². The maximum Gasteiger partial charge on any atom is 0.161 e. The van der Waals surface area contributed by atoms with Crippen molar-refractivity contribution in [3.05, 3.63) is 94.0 Å². The predicted octanol–water partition coefficient (Wildman–Crippen LogP) is 7.03. The van der Waals surface area contributed by atoms with Crippen LogP contribution in [0.15, 0.2) is 66.9 Å². The fourth-order valence-corrected chi connectivity index (χ4v) is 4.91. The Morgan fingerprint density at radius 3 is 2.41 bits per heavy atom. The minimum Gasteiger partial charge on any atom is -0.486 e. The monoisotopic (exact) mass is 536 g/mol. The zero-order valence-corrected chi connectivity index (χ0v) is 22.4. The Bertz CT molecular complexity index is 1330. The number of pyridine rings is 1. The van der Waals surface area contributed by atoms with Gasteiger partial charge in [-0.15, -0.1) is 0 Å². The van der Waals surface area contributed by atoms with Crippen molar-refractivity contribution in [3.63, 3.8) is 0 Å². The Labute approximate surface area is 227 Å². The number of ether oxygens (including phenoxy) is 2. The highest BCUT2D eigenvalue weighted by molar-refractivity contribution is 6.30. The number of fused-ring (bicyclic) bond motifs is 1. The van der Waals surface area contributed by atoms with Crippen LogP contribution in [0.2, 0.25) is 10.3 Å². The molecule has 0 aliphatic carbocycles. The average Bonchev–Trinajstić information content (AvgIpc) is 3.23. The van der Waals surface area contributed by atoms with Crippen LogP contribution in [0, 0.1) is 0 Å². The highest BCUT2D eigenvalue weighted by Gasteiger charge is 2.21. The maximum absolute atomic E-state index is 6.82. The lowest BCUT2D eigenvalue weighted by molar-refractivity contribution is 0.170. The van der Waals surface area contributed by atoms with E-state index in [1.165, 1.54) is 0 Å². The van der Waals surface area contributed by atoms with E-state index in [0.717, 1.165) is 59.1 Å². The van der Waals surface area contributed by atoms with Gasteiger partial charge in [0.2, 0.25) is 0 Å². The number of imidazole rings is 1. The van der Waals surface area contributed by atoms with Crippen molar-refractivity contribution in [3.8, 4) is 22.9 Å². The Balaban J connectivity index is 1.48. The largest absolute Gasteiger partial charge is 0.486 e. The van der Waals surface area contributed by atoms with Gasteiger partial charge in [-0.2, -0.15) is 0 Å². The molecule has 0 unspecified atom stereocenters. The molecule has 0 radical (unpaired) electrons. The molecule has 0 N–H and O–H groups in total. The van der Waals surface area contributed by atoms with Crippen molar-refractivity contribution < 1.29 is 9.47 Å². The first kappa shape index (κ1) is 25.6. The number of unbranched alkanes of at least 4 members (excludes halogenated alkanes) is 1. The third-order valence-electron chi connectivity index (χ3n) is 6.37. The Morgan fingerprint density at radius 2 is 1.65 bits per heavy atom. The molecule has 4 aromatic rings. The van der Waals surface area contributed by atoms with E-state index in [9.17, 15) is 0 Å². The second kappa shape index (κ2) is 12.0. The summed E-state index contributed by atoms with van der Waals surface area (Å²) >= 11 is 12.9. The van der Waals surface area contributed by atoms with Crippen LogP contribution >= 0.6 is 23.2 Å². The first-order chi connectivity index (χ1) is 18.1. The summed E-state index contributed by atoms with van der Waals surface area (Å²) in [4.78, 5) is 11.4.